The van der Waals surface area contributed by atoms with Gasteiger partial charge in [-0.15, -0.1) is 0 Å². The largest absolute Gasteiger partial charge is 0.488 e. The third-order valence-corrected chi connectivity index (χ3v) is 8.03. The lowest BCUT2D eigenvalue weighted by Gasteiger charge is -2.34. The van der Waals surface area contributed by atoms with Crippen LogP contribution in [0.2, 0.25) is 0 Å². The summed E-state index contributed by atoms with van der Waals surface area (Å²) in [4.78, 5) is 30.0. The van der Waals surface area contributed by atoms with Gasteiger partial charge in [0.05, 0.1) is 24.6 Å². The number of hydrogen-bond donors (Lipinski definition) is 3. The smallest absolute Gasteiger partial charge is 0.416 e. The molecule has 5 rings (SSSR count). The molecule has 0 spiro atoms. The van der Waals surface area contributed by atoms with Crippen molar-refractivity contribution in [2.24, 2.45) is 5.92 Å². The van der Waals surface area contributed by atoms with Crippen molar-refractivity contribution in [1.29, 1.82) is 0 Å². The van der Waals surface area contributed by atoms with Gasteiger partial charge in [-0.2, -0.15) is 13.2 Å². The number of amides is 3. The number of benzene rings is 3. The van der Waals surface area contributed by atoms with Gasteiger partial charge in [0, 0.05) is 42.5 Å². The topological polar surface area (TPSA) is 113 Å². The number of hydrogen-bond acceptors (Lipinski definition) is 7. The molecule has 3 aromatic rings. The lowest BCUT2D eigenvalue weighted by Crippen LogP contribution is -2.47. The lowest BCUT2D eigenvalue weighted by molar-refractivity contribution is -0.137. The average Bonchev–Trinajstić information content (AvgIpc) is 3.48. The number of urea groups is 1. The van der Waals surface area contributed by atoms with Crippen molar-refractivity contribution in [2.75, 3.05) is 44.2 Å². The third kappa shape index (κ3) is 8.01. The zero-order chi connectivity index (χ0) is 33.0. The highest BCUT2D eigenvalue weighted by Crippen LogP contribution is 2.34. The van der Waals surface area contributed by atoms with E-state index in [0.717, 1.165) is 17.7 Å². The van der Waals surface area contributed by atoms with Gasteiger partial charge in [-0.25, -0.2) is 4.79 Å². The van der Waals surface area contributed by atoms with Crippen LogP contribution in [0, 0.1) is 5.92 Å². The van der Waals surface area contributed by atoms with Gasteiger partial charge >= 0.3 is 12.2 Å². The summed E-state index contributed by atoms with van der Waals surface area (Å²) in [6.07, 6.45) is -4.84. The number of carbonyl (C=O) groups is 2. The minimum atomic E-state index is -4.48. The van der Waals surface area contributed by atoms with Gasteiger partial charge in [0.25, 0.3) is 0 Å². The number of aliphatic hydroxyl groups is 1. The minimum Gasteiger partial charge on any atom is -0.488 e. The summed E-state index contributed by atoms with van der Waals surface area (Å²) < 4.78 is 56.1. The molecule has 0 radical (unpaired) electrons. The van der Waals surface area contributed by atoms with Crippen LogP contribution in [0.3, 0.4) is 0 Å². The summed E-state index contributed by atoms with van der Waals surface area (Å²) in [5.41, 5.74) is 1.31. The minimum absolute atomic E-state index is 0.0256. The number of aliphatic hydroxyl groups excluding tert-OH is 1. The summed E-state index contributed by atoms with van der Waals surface area (Å²) in [6, 6.07) is 13.8. The molecule has 13 heteroatoms. The molecule has 2 aliphatic heterocycles. The van der Waals surface area contributed by atoms with Gasteiger partial charge in [-0.1, -0.05) is 13.0 Å². The van der Waals surface area contributed by atoms with Crippen molar-refractivity contribution in [1.82, 2.24) is 9.80 Å². The zero-order valence-electron chi connectivity index (χ0n) is 25.8. The van der Waals surface area contributed by atoms with Crippen molar-refractivity contribution < 1.29 is 42.1 Å². The maximum Gasteiger partial charge on any atom is 0.416 e. The molecule has 3 atom stereocenters. The van der Waals surface area contributed by atoms with Crippen molar-refractivity contribution in [3.8, 4) is 17.2 Å². The normalized spacial score (nSPS) is 18.6. The highest BCUT2D eigenvalue weighted by Gasteiger charge is 2.32. The van der Waals surface area contributed by atoms with E-state index in [1.165, 1.54) is 12.1 Å². The van der Waals surface area contributed by atoms with Crippen molar-refractivity contribution in [2.45, 2.75) is 45.1 Å². The van der Waals surface area contributed by atoms with Gasteiger partial charge in [-0.05, 0) is 74.1 Å². The Morgan fingerprint density at radius 3 is 2.41 bits per heavy atom. The monoisotopic (exact) mass is 642 g/mol. The Hall–Kier alpha value is -4.49. The molecule has 0 aromatic heterocycles. The number of fused-ring (bicyclic) bond motifs is 2. The molecule has 246 valence electrons. The van der Waals surface area contributed by atoms with Crippen LogP contribution < -0.4 is 24.8 Å². The van der Waals surface area contributed by atoms with Crippen LogP contribution >= 0.6 is 0 Å². The van der Waals surface area contributed by atoms with Gasteiger partial charge in [-0.3, -0.25) is 9.69 Å². The van der Waals surface area contributed by atoms with Crippen LogP contribution in [0.1, 0.15) is 30.5 Å². The van der Waals surface area contributed by atoms with Crippen LogP contribution in [0.15, 0.2) is 60.7 Å². The number of anilines is 2. The SMILES string of the molecule is C[C@@H]1CN([C@@H](C)CO)C(=O)Cc2cc(NC(=O)Nc3ccc(C(F)(F)F)cc3)ccc2O[C@@H]1CN(C)Cc1ccc2c(c1)OCO2. The summed E-state index contributed by atoms with van der Waals surface area (Å²) >= 11 is 0. The number of nitrogens with zero attached hydrogens (tertiary/aromatic N) is 2. The first-order chi connectivity index (χ1) is 21.9. The molecule has 0 saturated heterocycles. The second-order valence-corrected chi connectivity index (χ2v) is 11.7. The Balaban J connectivity index is 1.33. The summed E-state index contributed by atoms with van der Waals surface area (Å²) in [7, 11) is 1.98. The fourth-order valence-electron chi connectivity index (χ4n) is 5.48. The molecule has 0 aliphatic carbocycles. The van der Waals surface area contributed by atoms with E-state index in [-0.39, 0.29) is 43.4 Å². The zero-order valence-corrected chi connectivity index (χ0v) is 25.8. The van der Waals surface area contributed by atoms with Gasteiger partial charge in [0.2, 0.25) is 12.7 Å². The second kappa shape index (κ2) is 13.9. The van der Waals surface area contributed by atoms with Crippen LogP contribution in [-0.4, -0.2) is 72.5 Å². The molecule has 3 N–H and O–H groups in total. The Labute approximate surface area is 265 Å². The van der Waals surface area contributed by atoms with Crippen LogP contribution in [-0.2, 0) is 23.9 Å². The first-order valence-electron chi connectivity index (χ1n) is 14.9. The Morgan fingerprint density at radius 2 is 1.70 bits per heavy atom. The number of alkyl halides is 3. The molecule has 2 aliphatic rings. The maximum atomic E-state index is 13.5. The fourth-order valence-corrected chi connectivity index (χ4v) is 5.48. The Kier molecular flexibility index (Phi) is 9.92. The van der Waals surface area contributed by atoms with Gasteiger partial charge < -0.3 is 34.9 Å². The number of carbonyl (C=O) groups excluding carboxylic acids is 2. The van der Waals surface area contributed by atoms with E-state index in [4.69, 9.17) is 14.2 Å². The number of nitrogens with one attached hydrogen (secondary N) is 2. The molecule has 0 bridgehead atoms. The van der Waals surface area contributed by atoms with E-state index in [1.54, 1.807) is 30.0 Å². The number of rotatable bonds is 8. The van der Waals surface area contributed by atoms with E-state index >= 15 is 0 Å². The molecule has 0 saturated carbocycles. The van der Waals surface area contributed by atoms with Gasteiger partial charge in [0.1, 0.15) is 11.9 Å². The molecule has 3 aromatic carbocycles. The third-order valence-electron chi connectivity index (χ3n) is 8.03. The molecular formula is C33H37F3N4O6. The van der Waals surface area contributed by atoms with E-state index in [1.807, 2.05) is 32.2 Å². The predicted octanol–water partition coefficient (Wildman–Crippen LogP) is 5.36. The molecule has 0 unspecified atom stereocenters. The summed E-state index contributed by atoms with van der Waals surface area (Å²) in [6.45, 7) is 5.31. The summed E-state index contributed by atoms with van der Waals surface area (Å²) in [5, 5.41) is 15.1. The van der Waals surface area contributed by atoms with Crippen LogP contribution in [0.25, 0.3) is 0 Å². The predicted molar refractivity (Wildman–Crippen MR) is 165 cm³/mol. The molecule has 0 fully saturated rings. The standard InChI is InChI=1S/C33H37F3N4O6/c1-20-15-40(21(2)18-41)31(42)14-23-13-26(38-32(43)37-25-7-5-24(6-8-25)33(34,35)36)9-11-27(23)46-30(20)17-39(3)16-22-4-10-28-29(12-22)45-19-44-28/h4-13,20-21,30,41H,14-19H2,1-3H3,(H2,37,38,43)/t20-,21+,30-/m1/s1. The summed E-state index contributed by atoms with van der Waals surface area (Å²) in [5.74, 6) is 1.62. The highest BCUT2D eigenvalue weighted by molar-refractivity contribution is 6.00. The van der Waals surface area contributed by atoms with E-state index in [0.29, 0.717) is 48.1 Å². The average molecular weight is 643 g/mol. The second-order valence-electron chi connectivity index (χ2n) is 11.7. The molecular weight excluding hydrogens is 605 g/mol. The van der Waals surface area contributed by atoms with Crippen LogP contribution in [0.4, 0.5) is 29.3 Å². The fraction of sp³-hybridized carbons (Fsp3) is 0.394. The van der Waals surface area contributed by atoms with E-state index in [9.17, 15) is 27.9 Å². The molecule has 3 amide bonds. The number of ether oxygens (including phenoxy) is 3. The highest BCUT2D eigenvalue weighted by atomic mass is 19.4. The Bertz CT molecular complexity index is 1550. The van der Waals surface area contributed by atoms with E-state index in [2.05, 4.69) is 15.5 Å². The first-order valence-corrected chi connectivity index (χ1v) is 14.9. The number of likely N-dealkylation sites (N-methyl/N-ethyl adjacent to an activating group) is 1. The van der Waals surface area contributed by atoms with Crippen molar-refractivity contribution >= 4 is 23.3 Å². The number of halogens is 3. The lowest BCUT2D eigenvalue weighted by atomic mass is 10.0. The molecule has 10 nitrogen and oxygen atoms in total. The maximum absolute atomic E-state index is 13.5. The van der Waals surface area contributed by atoms with Crippen molar-refractivity contribution in [3.63, 3.8) is 0 Å². The first kappa shape index (κ1) is 32.9. The molecule has 46 heavy (non-hydrogen) atoms. The van der Waals surface area contributed by atoms with Crippen molar-refractivity contribution in [3.05, 3.63) is 77.4 Å². The van der Waals surface area contributed by atoms with Crippen LogP contribution in [0.5, 0.6) is 17.2 Å². The molecule has 2 heterocycles. The van der Waals surface area contributed by atoms with Gasteiger partial charge in [0.15, 0.2) is 11.5 Å². The Morgan fingerprint density at radius 1 is 1.02 bits per heavy atom. The van der Waals surface area contributed by atoms with E-state index < -0.39 is 23.8 Å². The quantitative estimate of drug-likeness (QED) is 0.303.